The number of ether oxygens (including phenoxy) is 3. The number of rotatable bonds is 3. The van der Waals surface area contributed by atoms with Gasteiger partial charge in [-0.25, -0.2) is 0 Å². The third-order valence-corrected chi connectivity index (χ3v) is 11.4. The highest BCUT2D eigenvalue weighted by Gasteiger charge is 2.76. The number of aliphatic hydroxyl groups is 3. The molecule has 2 aliphatic heterocycles. The molecule has 0 aromatic rings. The minimum atomic E-state index is -1.61. The molecule has 2 saturated heterocycles. The third kappa shape index (κ3) is 3.65. The molecule has 10 unspecified atom stereocenters. The average molecular weight is 532 g/mol. The first-order valence-electron chi connectivity index (χ1n) is 14.7. The van der Waals surface area contributed by atoms with Gasteiger partial charge in [-0.05, 0) is 79.8 Å². The van der Waals surface area contributed by atoms with Gasteiger partial charge in [-0.3, -0.25) is 4.90 Å². The number of hydrogen-bond donors (Lipinski definition) is 3. The summed E-state index contributed by atoms with van der Waals surface area (Å²) in [5, 5.41) is 37.0. The lowest BCUT2D eigenvalue weighted by Gasteiger charge is -2.55. The molecule has 6 aliphatic rings. The van der Waals surface area contributed by atoms with Crippen LogP contribution in [0.4, 0.5) is 0 Å². The molecule has 2 bridgehead atoms. The van der Waals surface area contributed by atoms with Crippen molar-refractivity contribution in [2.45, 2.75) is 111 Å². The van der Waals surface area contributed by atoms with Gasteiger partial charge in [0.15, 0.2) is 5.79 Å². The monoisotopic (exact) mass is 531 g/mol. The van der Waals surface area contributed by atoms with E-state index in [4.69, 9.17) is 14.2 Å². The summed E-state index contributed by atoms with van der Waals surface area (Å²) in [7, 11) is 0. The van der Waals surface area contributed by atoms with Crippen molar-refractivity contribution in [3.05, 3.63) is 23.3 Å². The lowest BCUT2D eigenvalue weighted by molar-refractivity contribution is -0.331. The molecule has 6 rings (SSSR count). The molecule has 0 radical (unpaired) electrons. The van der Waals surface area contributed by atoms with Gasteiger partial charge < -0.3 is 29.5 Å². The van der Waals surface area contributed by atoms with E-state index in [1.54, 1.807) is 0 Å². The van der Waals surface area contributed by atoms with Crippen LogP contribution in [0.2, 0.25) is 0 Å². The summed E-state index contributed by atoms with van der Waals surface area (Å²) in [6.07, 6.45) is 3.74. The number of piperidine rings is 1. The molecular weight excluding hydrogens is 482 g/mol. The minimum Gasteiger partial charge on any atom is -0.391 e. The smallest absolute Gasteiger partial charge is 0.216 e. The summed E-state index contributed by atoms with van der Waals surface area (Å²) in [5.41, 5.74) is -0.648. The molecular formula is C31H49NO6. The minimum absolute atomic E-state index is 0.0151. The van der Waals surface area contributed by atoms with E-state index in [9.17, 15) is 15.3 Å². The largest absolute Gasteiger partial charge is 0.391 e. The van der Waals surface area contributed by atoms with Crippen LogP contribution in [0, 0.1) is 39.9 Å². The Hall–Kier alpha value is -0.800. The van der Waals surface area contributed by atoms with Gasteiger partial charge >= 0.3 is 0 Å². The second kappa shape index (κ2) is 8.37. The van der Waals surface area contributed by atoms with E-state index in [0.717, 1.165) is 43.5 Å². The van der Waals surface area contributed by atoms with Crippen LogP contribution in [0.3, 0.4) is 0 Å². The fraction of sp³-hybridized carbons (Fsp3) is 0.871. The molecule has 0 amide bonds. The molecule has 2 heterocycles. The van der Waals surface area contributed by atoms with Crippen molar-refractivity contribution in [3.63, 3.8) is 0 Å². The van der Waals surface area contributed by atoms with Gasteiger partial charge in [0.05, 0.1) is 18.1 Å². The predicted octanol–water partition coefficient (Wildman–Crippen LogP) is 3.83. The summed E-state index contributed by atoms with van der Waals surface area (Å²) in [5.74, 6) is -0.223. The fourth-order valence-electron chi connectivity index (χ4n) is 9.50. The van der Waals surface area contributed by atoms with Crippen LogP contribution in [0.5, 0.6) is 0 Å². The van der Waals surface area contributed by atoms with E-state index in [0.29, 0.717) is 18.4 Å². The van der Waals surface area contributed by atoms with Crippen LogP contribution in [0.25, 0.3) is 0 Å². The van der Waals surface area contributed by atoms with Crippen LogP contribution in [0.15, 0.2) is 23.3 Å². The molecule has 2 saturated carbocycles. The molecule has 0 aromatic carbocycles. The maximum Gasteiger partial charge on any atom is 0.216 e. The van der Waals surface area contributed by atoms with Crippen LogP contribution in [0.1, 0.15) is 74.7 Å². The van der Waals surface area contributed by atoms with Crippen LogP contribution in [-0.2, 0) is 14.2 Å². The van der Waals surface area contributed by atoms with E-state index in [2.05, 4.69) is 46.8 Å². The predicted molar refractivity (Wildman–Crippen MR) is 144 cm³/mol. The zero-order valence-corrected chi connectivity index (χ0v) is 24.5. The Morgan fingerprint density at radius 3 is 2.55 bits per heavy atom. The Bertz CT molecular complexity index is 1050. The average Bonchev–Trinajstić information content (AvgIpc) is 3.30. The molecule has 3 N–H and O–H groups in total. The summed E-state index contributed by atoms with van der Waals surface area (Å²) in [6.45, 7) is 18.7. The van der Waals surface area contributed by atoms with Gasteiger partial charge in [-0.2, -0.15) is 0 Å². The maximum atomic E-state index is 13.2. The van der Waals surface area contributed by atoms with Gasteiger partial charge in [0.1, 0.15) is 17.8 Å². The van der Waals surface area contributed by atoms with Crippen molar-refractivity contribution in [1.29, 1.82) is 0 Å². The molecule has 214 valence electrons. The Labute approximate surface area is 228 Å². The molecule has 7 nitrogen and oxygen atoms in total. The highest BCUT2D eigenvalue weighted by molar-refractivity contribution is 5.44. The molecule has 1 spiro atoms. The van der Waals surface area contributed by atoms with Crippen LogP contribution in [-0.4, -0.2) is 76.0 Å². The fourth-order valence-corrected chi connectivity index (χ4v) is 9.50. The third-order valence-electron chi connectivity index (χ3n) is 11.4. The Kier molecular flexibility index (Phi) is 6.03. The van der Waals surface area contributed by atoms with Crippen molar-refractivity contribution in [2.24, 2.45) is 39.9 Å². The van der Waals surface area contributed by atoms with Gasteiger partial charge in [0.2, 0.25) is 6.41 Å². The molecule has 0 aromatic heterocycles. The van der Waals surface area contributed by atoms with E-state index < -0.39 is 41.5 Å². The second-order valence-corrected chi connectivity index (χ2v) is 15.3. The highest BCUT2D eigenvalue weighted by Crippen LogP contribution is 2.73. The van der Waals surface area contributed by atoms with Gasteiger partial charge in [0.25, 0.3) is 0 Å². The number of hydrogen-bond acceptors (Lipinski definition) is 7. The van der Waals surface area contributed by atoms with Crippen molar-refractivity contribution < 1.29 is 29.5 Å². The summed E-state index contributed by atoms with van der Waals surface area (Å²) in [6, 6.07) is 0. The van der Waals surface area contributed by atoms with E-state index in [-0.39, 0.29) is 22.7 Å². The van der Waals surface area contributed by atoms with E-state index in [1.165, 1.54) is 0 Å². The second-order valence-electron chi connectivity index (χ2n) is 15.3. The number of likely N-dealkylation sites (tertiary alicyclic amines) is 1. The first-order valence-corrected chi connectivity index (χ1v) is 14.7. The Balaban J connectivity index is 1.45. The molecule has 4 fully saturated rings. The molecule has 10 atom stereocenters. The first kappa shape index (κ1) is 27.4. The SMILES string of the molecule is CC1=CC23C(C)CC4C(C(C=C5COC(C)(C)OC5C2(O)C1OC(O)N1CCCC(C)(C)C1)C3O)C4(C)C. The van der Waals surface area contributed by atoms with E-state index in [1.807, 2.05) is 25.7 Å². The summed E-state index contributed by atoms with van der Waals surface area (Å²) in [4.78, 5) is 1.97. The lowest BCUT2D eigenvalue weighted by atomic mass is 9.58. The first-order chi connectivity index (χ1) is 17.5. The quantitative estimate of drug-likeness (QED) is 0.377. The zero-order chi connectivity index (χ0) is 27.6. The normalized spacial score (nSPS) is 49.4. The van der Waals surface area contributed by atoms with Crippen molar-refractivity contribution in [2.75, 3.05) is 19.7 Å². The number of fused-ring (bicyclic) bond motifs is 5. The van der Waals surface area contributed by atoms with E-state index >= 15 is 0 Å². The lowest BCUT2D eigenvalue weighted by Crippen LogP contribution is -2.69. The highest BCUT2D eigenvalue weighted by atomic mass is 16.7. The molecule has 7 heteroatoms. The van der Waals surface area contributed by atoms with Crippen molar-refractivity contribution in [3.8, 4) is 0 Å². The summed E-state index contributed by atoms with van der Waals surface area (Å²) < 4.78 is 19.2. The van der Waals surface area contributed by atoms with Crippen LogP contribution >= 0.6 is 0 Å². The molecule has 38 heavy (non-hydrogen) atoms. The van der Waals surface area contributed by atoms with Gasteiger partial charge in [-0.1, -0.05) is 46.8 Å². The molecule has 4 aliphatic carbocycles. The van der Waals surface area contributed by atoms with Crippen molar-refractivity contribution >= 4 is 0 Å². The standard InChI is InChI=1S/C31H49NO6/c1-17-14-30-18(2)12-21-22(28(21,5)6)20(23(30)33)13-19-15-36-29(7,8)38-25(19)31(30,35)24(17)37-26(34)32-11-9-10-27(3,4)16-32/h13-14,18,20-26,33-35H,9-12,15-16H2,1-8H3. The Morgan fingerprint density at radius 2 is 1.87 bits per heavy atom. The Morgan fingerprint density at radius 1 is 1.16 bits per heavy atom. The zero-order valence-electron chi connectivity index (χ0n) is 24.5. The van der Waals surface area contributed by atoms with Crippen molar-refractivity contribution in [1.82, 2.24) is 4.90 Å². The number of aliphatic hydroxyl groups excluding tert-OH is 2. The topological polar surface area (TPSA) is 91.6 Å². The van der Waals surface area contributed by atoms with Gasteiger partial charge in [-0.15, -0.1) is 0 Å². The van der Waals surface area contributed by atoms with Crippen LogP contribution < -0.4 is 0 Å². The number of nitrogens with zero attached hydrogens (tertiary/aromatic N) is 1. The summed E-state index contributed by atoms with van der Waals surface area (Å²) >= 11 is 0. The maximum absolute atomic E-state index is 13.2. The van der Waals surface area contributed by atoms with Gasteiger partial charge in [0, 0.05) is 19.0 Å².